The van der Waals surface area contributed by atoms with Crippen molar-refractivity contribution in [3.05, 3.63) is 5.82 Å². The lowest BCUT2D eigenvalue weighted by atomic mass is 9.91. The molecule has 1 saturated carbocycles. The van der Waals surface area contributed by atoms with Crippen molar-refractivity contribution in [3.63, 3.8) is 0 Å². The molecule has 0 unspecified atom stereocenters. The molecule has 1 aromatic heterocycles. The maximum absolute atomic E-state index is 11.6. The summed E-state index contributed by atoms with van der Waals surface area (Å²) in [5.74, 6) is -0.251. The van der Waals surface area contributed by atoms with E-state index in [4.69, 9.17) is 5.73 Å². The van der Waals surface area contributed by atoms with Crippen molar-refractivity contribution >= 4 is 5.91 Å². The summed E-state index contributed by atoms with van der Waals surface area (Å²) in [6, 6.07) is 0.0688. The van der Waals surface area contributed by atoms with Crippen LogP contribution in [0.3, 0.4) is 0 Å². The summed E-state index contributed by atoms with van der Waals surface area (Å²) in [5, 5.41) is 15.6. The van der Waals surface area contributed by atoms with Crippen LogP contribution >= 0.6 is 0 Å². The SMILES string of the molecule is N[C@@H]1CCCC[C@H]1NC(=O)c1nn[nH]n1. The van der Waals surface area contributed by atoms with Crippen molar-refractivity contribution in [2.45, 2.75) is 37.8 Å². The van der Waals surface area contributed by atoms with Crippen LogP contribution in [0.4, 0.5) is 0 Å². The minimum Gasteiger partial charge on any atom is -0.345 e. The Morgan fingerprint density at radius 2 is 2.27 bits per heavy atom. The molecular weight excluding hydrogens is 196 g/mol. The van der Waals surface area contributed by atoms with Crippen molar-refractivity contribution in [1.82, 2.24) is 25.9 Å². The lowest BCUT2D eigenvalue weighted by molar-refractivity contribution is 0.0910. The molecule has 1 heterocycles. The van der Waals surface area contributed by atoms with E-state index in [-0.39, 0.29) is 23.8 Å². The molecule has 4 N–H and O–H groups in total. The molecule has 0 bridgehead atoms. The zero-order valence-corrected chi connectivity index (χ0v) is 8.31. The average Bonchev–Trinajstić information content (AvgIpc) is 2.74. The van der Waals surface area contributed by atoms with Gasteiger partial charge in [0.15, 0.2) is 0 Å². The fourth-order valence-corrected chi connectivity index (χ4v) is 1.83. The highest BCUT2D eigenvalue weighted by molar-refractivity contribution is 5.90. The van der Waals surface area contributed by atoms with E-state index < -0.39 is 0 Å². The first-order valence-electron chi connectivity index (χ1n) is 5.07. The molecule has 15 heavy (non-hydrogen) atoms. The zero-order valence-electron chi connectivity index (χ0n) is 8.31. The normalized spacial score (nSPS) is 26.2. The van der Waals surface area contributed by atoms with Gasteiger partial charge in [0.05, 0.1) is 0 Å². The second kappa shape index (κ2) is 4.35. The average molecular weight is 210 g/mol. The molecular formula is C8H14N6O. The van der Waals surface area contributed by atoms with Gasteiger partial charge in [-0.2, -0.15) is 5.21 Å². The predicted octanol–water partition coefficient (Wildman–Crippen LogP) is -0.801. The second-order valence-electron chi connectivity index (χ2n) is 3.76. The number of carbonyl (C=O) groups is 1. The van der Waals surface area contributed by atoms with Crippen molar-refractivity contribution in [2.75, 3.05) is 0 Å². The molecule has 0 aliphatic heterocycles. The fraction of sp³-hybridized carbons (Fsp3) is 0.750. The largest absolute Gasteiger partial charge is 0.345 e. The van der Waals surface area contributed by atoms with Gasteiger partial charge in [-0.05, 0) is 18.1 Å². The molecule has 0 spiro atoms. The monoisotopic (exact) mass is 210 g/mol. The summed E-state index contributed by atoms with van der Waals surface area (Å²) >= 11 is 0. The number of aromatic nitrogens is 4. The Kier molecular flexibility index (Phi) is 2.91. The first-order chi connectivity index (χ1) is 7.27. The highest BCUT2D eigenvalue weighted by Gasteiger charge is 2.24. The standard InChI is InChI=1S/C8H14N6O/c9-5-3-1-2-4-6(5)10-8(15)7-11-13-14-12-7/h5-6H,1-4,9H2,(H,10,15)(H,11,12,13,14)/t5-,6-/m1/s1. The van der Waals surface area contributed by atoms with Crippen LogP contribution in [0.2, 0.25) is 0 Å². The van der Waals surface area contributed by atoms with Gasteiger partial charge in [0.25, 0.3) is 11.7 Å². The van der Waals surface area contributed by atoms with Gasteiger partial charge in [0.1, 0.15) is 0 Å². The van der Waals surface area contributed by atoms with Crippen molar-refractivity contribution in [3.8, 4) is 0 Å². The van der Waals surface area contributed by atoms with Crippen LogP contribution in [-0.2, 0) is 0 Å². The van der Waals surface area contributed by atoms with Gasteiger partial charge < -0.3 is 11.1 Å². The number of rotatable bonds is 2. The maximum Gasteiger partial charge on any atom is 0.293 e. The molecule has 1 aromatic rings. The number of nitrogens with zero attached hydrogens (tertiary/aromatic N) is 3. The van der Waals surface area contributed by atoms with Crippen LogP contribution in [0.5, 0.6) is 0 Å². The number of tetrazole rings is 1. The summed E-state index contributed by atoms with van der Waals surface area (Å²) in [4.78, 5) is 11.6. The number of aromatic amines is 1. The number of nitrogens with two attached hydrogens (primary N) is 1. The highest BCUT2D eigenvalue weighted by Crippen LogP contribution is 2.16. The molecule has 2 atom stereocenters. The van der Waals surface area contributed by atoms with Gasteiger partial charge in [-0.15, -0.1) is 10.2 Å². The smallest absolute Gasteiger partial charge is 0.293 e. The fourth-order valence-electron chi connectivity index (χ4n) is 1.83. The van der Waals surface area contributed by atoms with Crippen LogP contribution in [-0.4, -0.2) is 38.6 Å². The first-order valence-corrected chi connectivity index (χ1v) is 5.07. The Morgan fingerprint density at radius 1 is 1.47 bits per heavy atom. The van der Waals surface area contributed by atoms with Crippen molar-refractivity contribution in [1.29, 1.82) is 0 Å². The van der Waals surface area contributed by atoms with Crippen LogP contribution in [0.1, 0.15) is 36.3 Å². The second-order valence-corrected chi connectivity index (χ2v) is 3.76. The molecule has 0 aromatic carbocycles. The van der Waals surface area contributed by atoms with Gasteiger partial charge in [0, 0.05) is 12.1 Å². The Morgan fingerprint density at radius 3 is 2.93 bits per heavy atom. The summed E-state index contributed by atoms with van der Waals surface area (Å²) in [6.45, 7) is 0. The molecule has 1 aliphatic carbocycles. The number of H-pyrrole nitrogens is 1. The third-order valence-corrected chi connectivity index (χ3v) is 2.68. The minimum atomic E-state index is -0.314. The molecule has 1 amide bonds. The van der Waals surface area contributed by atoms with E-state index in [2.05, 4.69) is 25.9 Å². The molecule has 1 aliphatic rings. The predicted molar refractivity (Wildman–Crippen MR) is 51.9 cm³/mol. The van der Waals surface area contributed by atoms with Crippen molar-refractivity contribution < 1.29 is 4.79 Å². The van der Waals surface area contributed by atoms with E-state index in [0.29, 0.717) is 0 Å². The Balaban J connectivity index is 1.93. The summed E-state index contributed by atoms with van der Waals surface area (Å²) in [5.41, 5.74) is 5.90. The lowest BCUT2D eigenvalue weighted by Crippen LogP contribution is -2.49. The zero-order chi connectivity index (χ0) is 10.7. The van der Waals surface area contributed by atoms with Crippen LogP contribution < -0.4 is 11.1 Å². The van der Waals surface area contributed by atoms with Gasteiger partial charge in [-0.25, -0.2) is 0 Å². The van der Waals surface area contributed by atoms with E-state index in [1.165, 1.54) is 0 Å². The van der Waals surface area contributed by atoms with E-state index in [9.17, 15) is 4.79 Å². The molecule has 7 nitrogen and oxygen atoms in total. The van der Waals surface area contributed by atoms with Gasteiger partial charge >= 0.3 is 0 Å². The number of hydrogen-bond donors (Lipinski definition) is 3. The van der Waals surface area contributed by atoms with Crippen LogP contribution in [0.15, 0.2) is 0 Å². The van der Waals surface area contributed by atoms with Crippen LogP contribution in [0.25, 0.3) is 0 Å². The van der Waals surface area contributed by atoms with Gasteiger partial charge in [0.2, 0.25) is 0 Å². The molecule has 2 rings (SSSR count). The van der Waals surface area contributed by atoms with E-state index in [1.807, 2.05) is 0 Å². The topological polar surface area (TPSA) is 110 Å². The molecule has 0 radical (unpaired) electrons. The molecule has 7 heteroatoms. The molecule has 1 fully saturated rings. The number of nitrogens with one attached hydrogen (secondary N) is 2. The maximum atomic E-state index is 11.6. The summed E-state index contributed by atoms with van der Waals surface area (Å²) in [6.07, 6.45) is 4.11. The third kappa shape index (κ3) is 2.30. The lowest BCUT2D eigenvalue weighted by Gasteiger charge is -2.28. The van der Waals surface area contributed by atoms with E-state index >= 15 is 0 Å². The Labute approximate surface area is 86.8 Å². The summed E-state index contributed by atoms with van der Waals surface area (Å²) in [7, 11) is 0. The number of amides is 1. The molecule has 0 saturated heterocycles. The van der Waals surface area contributed by atoms with Gasteiger partial charge in [-0.3, -0.25) is 4.79 Å². The van der Waals surface area contributed by atoms with E-state index in [0.717, 1.165) is 25.7 Å². The quantitative estimate of drug-likeness (QED) is 0.592. The van der Waals surface area contributed by atoms with Gasteiger partial charge in [-0.1, -0.05) is 12.8 Å². The number of carbonyl (C=O) groups excluding carboxylic acids is 1. The summed E-state index contributed by atoms with van der Waals surface area (Å²) < 4.78 is 0. The van der Waals surface area contributed by atoms with Crippen molar-refractivity contribution in [2.24, 2.45) is 5.73 Å². The minimum absolute atomic E-state index is 0.0322. The highest BCUT2D eigenvalue weighted by atomic mass is 16.2. The molecule has 82 valence electrons. The Bertz CT molecular complexity index is 324. The van der Waals surface area contributed by atoms with E-state index in [1.54, 1.807) is 0 Å². The Hall–Kier alpha value is -1.50. The number of hydrogen-bond acceptors (Lipinski definition) is 5. The third-order valence-electron chi connectivity index (χ3n) is 2.68. The first kappa shape index (κ1) is 10.0. The van der Waals surface area contributed by atoms with Crippen LogP contribution in [0, 0.1) is 0 Å².